The molecule has 10 heteroatoms. The number of sulfonamides is 1. The number of halogens is 3. The number of ether oxygens (including phenoxy) is 1. The van der Waals surface area contributed by atoms with E-state index in [0.29, 0.717) is 30.2 Å². The van der Waals surface area contributed by atoms with Crippen LogP contribution in [0, 0.1) is 5.41 Å². The minimum atomic E-state index is -3.87. The largest absolute Gasteiger partial charge is 0.493 e. The van der Waals surface area contributed by atoms with Crippen molar-refractivity contribution >= 4 is 50.7 Å². The van der Waals surface area contributed by atoms with E-state index in [2.05, 4.69) is 0 Å². The molecule has 0 bridgehead atoms. The van der Waals surface area contributed by atoms with Crippen molar-refractivity contribution in [3.05, 3.63) is 57.5 Å². The van der Waals surface area contributed by atoms with Crippen molar-refractivity contribution in [2.75, 3.05) is 19.7 Å². The number of carbonyl (C=O) groups is 1. The van der Waals surface area contributed by atoms with Gasteiger partial charge in [-0.1, -0.05) is 40.9 Å². The monoisotopic (exact) mass is 490 g/mol. The van der Waals surface area contributed by atoms with Gasteiger partial charge in [-0.3, -0.25) is 4.79 Å². The fourth-order valence-corrected chi connectivity index (χ4v) is 6.17. The highest BCUT2D eigenvalue weighted by atomic mass is 35.5. The Morgan fingerprint density at radius 2 is 1.80 bits per heavy atom. The predicted octanol–water partition coefficient (Wildman–Crippen LogP) is 4.37. The molecule has 2 N–H and O–H groups in total. The quantitative estimate of drug-likeness (QED) is 0.623. The smallest absolute Gasteiger partial charge is 0.243 e. The van der Waals surface area contributed by atoms with Gasteiger partial charge in [-0.15, -0.1) is 0 Å². The van der Waals surface area contributed by atoms with Crippen LogP contribution in [0.15, 0.2) is 47.4 Å². The third-order valence-electron chi connectivity index (χ3n) is 4.99. The Morgan fingerprint density at radius 1 is 1.10 bits per heavy atom. The van der Waals surface area contributed by atoms with Crippen molar-refractivity contribution in [1.29, 1.82) is 0 Å². The molecule has 1 aliphatic heterocycles. The van der Waals surface area contributed by atoms with Crippen molar-refractivity contribution in [3.63, 3.8) is 0 Å². The highest BCUT2D eigenvalue weighted by Crippen LogP contribution is 2.37. The number of nitrogens with zero attached hydrogens (tertiary/aromatic N) is 1. The van der Waals surface area contributed by atoms with E-state index in [0.717, 1.165) is 0 Å². The maximum atomic E-state index is 13.2. The van der Waals surface area contributed by atoms with Gasteiger partial charge in [-0.25, -0.2) is 8.42 Å². The number of amides is 1. The van der Waals surface area contributed by atoms with E-state index in [1.807, 2.05) is 0 Å². The van der Waals surface area contributed by atoms with Crippen LogP contribution >= 0.6 is 34.8 Å². The molecule has 0 saturated carbocycles. The molecule has 2 aromatic carbocycles. The summed E-state index contributed by atoms with van der Waals surface area (Å²) in [6, 6.07) is 11.1. The molecule has 0 unspecified atom stereocenters. The van der Waals surface area contributed by atoms with Gasteiger partial charge in [0, 0.05) is 40.0 Å². The van der Waals surface area contributed by atoms with Crippen LogP contribution in [0.1, 0.15) is 19.3 Å². The summed E-state index contributed by atoms with van der Waals surface area (Å²) in [6.45, 7) is 0.520. The zero-order chi connectivity index (χ0) is 21.9. The number of rotatable bonds is 7. The first kappa shape index (κ1) is 23.2. The van der Waals surface area contributed by atoms with Crippen LogP contribution in [0.3, 0.4) is 0 Å². The fraction of sp³-hybridized carbons (Fsp3) is 0.350. The molecular weight excluding hydrogens is 471 g/mol. The standard InChI is InChI=1S/C20H21Cl3N2O4S/c21-14-3-1-4-17(8-14)29-13-20(11-19(24)26)5-2-6-25(12-20)30(27,28)18-9-15(22)7-16(23)10-18/h1,3-4,7-10H,2,5-6,11-13H2,(H2,24,26)/t20-/m1/s1. The molecule has 0 aromatic heterocycles. The van der Waals surface area contributed by atoms with Gasteiger partial charge in [0.05, 0.1) is 11.5 Å². The molecule has 0 aliphatic carbocycles. The summed E-state index contributed by atoms with van der Waals surface area (Å²) >= 11 is 18.0. The highest BCUT2D eigenvalue weighted by molar-refractivity contribution is 7.89. The van der Waals surface area contributed by atoms with Crippen molar-refractivity contribution in [2.24, 2.45) is 11.1 Å². The van der Waals surface area contributed by atoms with Crippen molar-refractivity contribution < 1.29 is 17.9 Å². The Kier molecular flexibility index (Phi) is 7.20. The summed E-state index contributed by atoms with van der Waals surface area (Å²) in [5.41, 5.74) is 4.73. The molecule has 1 heterocycles. The number of nitrogens with two attached hydrogens (primary N) is 1. The molecule has 6 nitrogen and oxygen atoms in total. The molecule has 3 rings (SSSR count). The van der Waals surface area contributed by atoms with Crippen LogP contribution in [-0.2, 0) is 14.8 Å². The summed E-state index contributed by atoms with van der Waals surface area (Å²) in [6.07, 6.45) is 1.15. The summed E-state index contributed by atoms with van der Waals surface area (Å²) in [4.78, 5) is 11.8. The molecule has 1 aliphatic rings. The number of benzene rings is 2. The van der Waals surface area contributed by atoms with E-state index in [4.69, 9.17) is 45.3 Å². The Balaban J connectivity index is 1.86. The lowest BCUT2D eigenvalue weighted by atomic mass is 9.78. The Morgan fingerprint density at radius 3 is 2.43 bits per heavy atom. The average Bonchev–Trinajstić information content (AvgIpc) is 2.65. The molecule has 1 fully saturated rings. The first-order chi connectivity index (χ1) is 14.1. The maximum Gasteiger partial charge on any atom is 0.243 e. The number of piperidine rings is 1. The zero-order valence-corrected chi connectivity index (χ0v) is 19.1. The maximum absolute atomic E-state index is 13.2. The van der Waals surface area contributed by atoms with E-state index in [1.165, 1.54) is 22.5 Å². The average molecular weight is 492 g/mol. The first-order valence-electron chi connectivity index (χ1n) is 9.23. The molecule has 162 valence electrons. The number of hydrogen-bond acceptors (Lipinski definition) is 4. The van der Waals surface area contributed by atoms with Gasteiger partial charge in [0.25, 0.3) is 0 Å². The summed E-state index contributed by atoms with van der Waals surface area (Å²) in [7, 11) is -3.87. The lowest BCUT2D eigenvalue weighted by molar-refractivity contribution is -0.121. The van der Waals surface area contributed by atoms with Crippen molar-refractivity contribution in [2.45, 2.75) is 24.2 Å². The number of hydrogen-bond donors (Lipinski definition) is 1. The van der Waals surface area contributed by atoms with Crippen molar-refractivity contribution in [3.8, 4) is 5.75 Å². The van der Waals surface area contributed by atoms with Gasteiger partial charge in [0.2, 0.25) is 15.9 Å². The number of primary amides is 1. The second kappa shape index (κ2) is 9.32. The van der Waals surface area contributed by atoms with Crippen molar-refractivity contribution in [1.82, 2.24) is 4.31 Å². The Hall–Kier alpha value is -1.51. The third kappa shape index (κ3) is 5.59. The third-order valence-corrected chi connectivity index (χ3v) is 7.49. The second-order valence-corrected chi connectivity index (χ2v) is 10.7. The van der Waals surface area contributed by atoms with Gasteiger partial charge in [0.15, 0.2) is 0 Å². The Bertz CT molecular complexity index is 1030. The lowest BCUT2D eigenvalue weighted by Crippen LogP contribution is -2.50. The van der Waals surface area contributed by atoms with Crippen LogP contribution in [-0.4, -0.2) is 38.3 Å². The topological polar surface area (TPSA) is 89.7 Å². The van der Waals surface area contributed by atoms with Crippen LogP contribution in [0.4, 0.5) is 0 Å². The Labute approximate surface area is 190 Å². The van der Waals surface area contributed by atoms with Gasteiger partial charge < -0.3 is 10.5 Å². The molecule has 1 amide bonds. The van der Waals surface area contributed by atoms with E-state index >= 15 is 0 Å². The normalized spacial score (nSPS) is 20.1. The van der Waals surface area contributed by atoms with E-state index in [1.54, 1.807) is 24.3 Å². The predicted molar refractivity (Wildman–Crippen MR) is 118 cm³/mol. The minimum absolute atomic E-state index is 0.00408. The van der Waals surface area contributed by atoms with Gasteiger partial charge in [0.1, 0.15) is 5.75 Å². The molecule has 0 spiro atoms. The second-order valence-electron chi connectivity index (χ2n) is 7.44. The molecular formula is C20H21Cl3N2O4S. The summed E-state index contributed by atoms with van der Waals surface area (Å²) < 4.78 is 33.7. The van der Waals surface area contributed by atoms with Gasteiger partial charge in [-0.05, 0) is 49.2 Å². The van der Waals surface area contributed by atoms with Crippen LogP contribution < -0.4 is 10.5 Å². The van der Waals surface area contributed by atoms with Gasteiger partial charge >= 0.3 is 0 Å². The van der Waals surface area contributed by atoms with Crippen LogP contribution in [0.2, 0.25) is 15.1 Å². The summed E-state index contributed by atoms with van der Waals surface area (Å²) in [5, 5.41) is 0.971. The van der Waals surface area contributed by atoms with E-state index in [9.17, 15) is 13.2 Å². The summed E-state index contributed by atoms with van der Waals surface area (Å²) in [5.74, 6) is 0.0164. The molecule has 30 heavy (non-hydrogen) atoms. The fourth-order valence-electron chi connectivity index (χ4n) is 3.67. The SMILES string of the molecule is NC(=O)C[C@]1(COc2cccc(Cl)c2)CCCN(S(=O)(=O)c2cc(Cl)cc(Cl)c2)C1. The van der Waals surface area contributed by atoms with Crippen LogP contribution in [0.25, 0.3) is 0 Å². The highest BCUT2D eigenvalue weighted by Gasteiger charge is 2.42. The van der Waals surface area contributed by atoms with Gasteiger partial charge in [-0.2, -0.15) is 4.31 Å². The van der Waals surface area contributed by atoms with E-state index < -0.39 is 21.3 Å². The molecule has 2 aromatic rings. The number of carbonyl (C=O) groups excluding carboxylic acids is 1. The van der Waals surface area contributed by atoms with Crippen LogP contribution in [0.5, 0.6) is 5.75 Å². The zero-order valence-electron chi connectivity index (χ0n) is 16.0. The molecule has 0 radical (unpaired) electrons. The lowest BCUT2D eigenvalue weighted by Gasteiger charge is -2.41. The minimum Gasteiger partial charge on any atom is -0.493 e. The molecule has 1 saturated heterocycles. The first-order valence-corrected chi connectivity index (χ1v) is 11.8. The van der Waals surface area contributed by atoms with E-state index in [-0.39, 0.29) is 34.5 Å². The molecule has 1 atom stereocenters.